The molecule has 12 rings (SSSR count). The van der Waals surface area contributed by atoms with Crippen LogP contribution in [0.1, 0.15) is 141 Å². The Hall–Kier alpha value is -11.9. The molecular weight excluding hydrogens is 1330 g/mol. The van der Waals surface area contributed by atoms with Crippen LogP contribution in [-0.2, 0) is 19.3 Å². The Morgan fingerprint density at radius 1 is 0.425 bits per heavy atom. The zero-order valence-corrected chi connectivity index (χ0v) is 62.2. The Balaban J connectivity index is 0.000000178. The lowest BCUT2D eigenvalue weighted by molar-refractivity contribution is 0.324. The van der Waals surface area contributed by atoms with E-state index in [-0.39, 0.29) is 25.0 Å². The molecule has 0 aliphatic carbocycles. The normalized spacial score (nSPS) is 11.7. The van der Waals surface area contributed by atoms with Crippen molar-refractivity contribution in [1.82, 2.24) is 55.3 Å². The summed E-state index contributed by atoms with van der Waals surface area (Å²) >= 11 is 0. The Morgan fingerprint density at radius 2 is 0.896 bits per heavy atom. The molecule has 0 bridgehead atoms. The maximum absolute atomic E-state index is 9.78. The average molecular weight is 1430 g/mol. The smallest absolute Gasteiger partial charge is 0.203 e. The number of phenolic OH excluding ortho intramolecular Hbond substituents is 2. The van der Waals surface area contributed by atoms with E-state index >= 15 is 0 Å². The SMILES string of the molecule is C.CCCC(Cc1cc(-c2ccc(O)c(OC)c2)ncn1)c1cccnc1.CCCC(Cc1nnc(C)c(-c2cc(OC)c(OC)c(OC)c2)n1)c1ccccc1.COc1cc(-c2cc(N[C@@H](C)c3ccccc3)ncn2)ccc1C.COc1cc(-c2nc(C[C@H](C)c3ccccc3)nnc2C)ccc1O. The molecule has 5 heterocycles. The molecule has 7 aromatic carbocycles. The van der Waals surface area contributed by atoms with Gasteiger partial charge in [-0.15, -0.1) is 10.2 Å². The molecule has 20 heteroatoms. The number of anilines is 1. The Morgan fingerprint density at radius 3 is 1.44 bits per heavy atom. The minimum absolute atomic E-state index is 0. The van der Waals surface area contributed by atoms with Gasteiger partial charge in [0.2, 0.25) is 5.75 Å². The lowest BCUT2D eigenvalue weighted by Gasteiger charge is -2.17. The minimum atomic E-state index is 0. The first-order chi connectivity index (χ1) is 51.1. The van der Waals surface area contributed by atoms with Gasteiger partial charge in [0.05, 0.1) is 76.8 Å². The molecule has 0 spiro atoms. The van der Waals surface area contributed by atoms with Gasteiger partial charge >= 0.3 is 0 Å². The molecule has 0 saturated carbocycles. The third-order valence-corrected chi connectivity index (χ3v) is 17.9. The molecule has 0 aliphatic rings. The van der Waals surface area contributed by atoms with Crippen LogP contribution in [-0.4, -0.2) is 108 Å². The summed E-state index contributed by atoms with van der Waals surface area (Å²) < 4.78 is 32.2. The van der Waals surface area contributed by atoms with E-state index in [4.69, 9.17) is 38.4 Å². The molecule has 2 unspecified atom stereocenters. The predicted octanol–water partition coefficient (Wildman–Crippen LogP) is 18.6. The second kappa shape index (κ2) is 40.2. The summed E-state index contributed by atoms with van der Waals surface area (Å²) in [5, 5.41) is 40.3. The number of nitrogens with one attached hydrogen (secondary N) is 1. The van der Waals surface area contributed by atoms with Gasteiger partial charge in [0.1, 0.15) is 24.2 Å². The van der Waals surface area contributed by atoms with E-state index in [1.807, 2.05) is 124 Å². The third kappa shape index (κ3) is 21.8. The third-order valence-electron chi connectivity index (χ3n) is 17.9. The zero-order chi connectivity index (χ0) is 74.6. The highest BCUT2D eigenvalue weighted by atomic mass is 16.5. The largest absolute Gasteiger partial charge is 0.504 e. The summed E-state index contributed by atoms with van der Waals surface area (Å²) in [4.78, 5) is 31.4. The van der Waals surface area contributed by atoms with Crippen molar-refractivity contribution in [1.29, 1.82) is 0 Å². The number of ether oxygens (including phenoxy) is 6. The highest BCUT2D eigenvalue weighted by molar-refractivity contribution is 5.71. The molecule has 0 fully saturated rings. The summed E-state index contributed by atoms with van der Waals surface area (Å²) in [7, 11) is 9.54. The van der Waals surface area contributed by atoms with E-state index in [0.717, 1.165) is 124 Å². The fourth-order valence-electron chi connectivity index (χ4n) is 12.2. The fraction of sp³-hybridized carbons (Fsp3) is 0.291. The van der Waals surface area contributed by atoms with Gasteiger partial charge in [-0.05, 0) is 159 Å². The van der Waals surface area contributed by atoms with Gasteiger partial charge in [-0.25, -0.2) is 29.9 Å². The molecule has 0 amide bonds. The Kier molecular flexibility index (Phi) is 30.3. The van der Waals surface area contributed by atoms with Gasteiger partial charge in [0.15, 0.2) is 46.1 Å². The zero-order valence-electron chi connectivity index (χ0n) is 62.2. The number of aromatic hydroxyl groups is 2. The van der Waals surface area contributed by atoms with Crippen LogP contribution < -0.4 is 33.7 Å². The topological polar surface area (TPSA) is 250 Å². The average Bonchev–Trinajstić information content (AvgIpc) is 0.806. The first-order valence-electron chi connectivity index (χ1n) is 35.1. The summed E-state index contributed by atoms with van der Waals surface area (Å²) in [5.74, 6) is 6.90. The quantitative estimate of drug-likeness (QED) is 0.0456. The van der Waals surface area contributed by atoms with Gasteiger partial charge in [-0.2, -0.15) is 10.2 Å². The number of hydrogen-bond acceptors (Lipinski definition) is 20. The fourth-order valence-corrected chi connectivity index (χ4v) is 12.2. The highest BCUT2D eigenvalue weighted by Gasteiger charge is 2.21. The number of nitrogens with zero attached hydrogens (tertiary/aromatic N) is 11. The number of aromatic nitrogens is 11. The first-order valence-corrected chi connectivity index (χ1v) is 35.1. The van der Waals surface area contributed by atoms with Crippen molar-refractivity contribution in [2.24, 2.45) is 0 Å². The number of benzene rings is 7. The van der Waals surface area contributed by atoms with Crippen molar-refractivity contribution >= 4 is 5.82 Å². The molecule has 4 atom stereocenters. The van der Waals surface area contributed by atoms with E-state index in [1.165, 1.54) is 36.5 Å². The van der Waals surface area contributed by atoms with Crippen LogP contribution in [0.5, 0.6) is 46.0 Å². The number of methoxy groups -OCH3 is 6. The predicted molar refractivity (Wildman–Crippen MR) is 419 cm³/mol. The van der Waals surface area contributed by atoms with E-state index in [1.54, 1.807) is 77.6 Å². The lowest BCUT2D eigenvalue weighted by atomic mass is 9.91. The number of phenols is 2. The van der Waals surface area contributed by atoms with Gasteiger partial charge in [0.25, 0.3) is 0 Å². The van der Waals surface area contributed by atoms with Crippen LogP contribution in [0.15, 0.2) is 207 Å². The Labute approximate surface area is 623 Å². The summed E-state index contributed by atoms with van der Waals surface area (Å²) in [5.41, 5.74) is 15.4. The Bertz CT molecular complexity index is 4670. The van der Waals surface area contributed by atoms with Crippen LogP contribution in [0.25, 0.3) is 45.0 Å². The monoisotopic (exact) mass is 1430 g/mol. The molecule has 550 valence electrons. The molecule has 0 saturated heterocycles. The van der Waals surface area contributed by atoms with Gasteiger partial charge in [-0.3, -0.25) is 4.98 Å². The molecule has 0 radical (unpaired) electrons. The van der Waals surface area contributed by atoms with Crippen LogP contribution in [0.3, 0.4) is 0 Å². The van der Waals surface area contributed by atoms with Crippen molar-refractivity contribution in [2.75, 3.05) is 48.0 Å². The lowest BCUT2D eigenvalue weighted by Crippen LogP contribution is -2.09. The van der Waals surface area contributed by atoms with Crippen LogP contribution in [0.4, 0.5) is 5.82 Å². The first kappa shape index (κ1) is 79.8. The van der Waals surface area contributed by atoms with Gasteiger partial charge in [-0.1, -0.05) is 150 Å². The molecule has 20 nitrogen and oxygen atoms in total. The van der Waals surface area contributed by atoms with Crippen LogP contribution in [0, 0.1) is 20.8 Å². The summed E-state index contributed by atoms with van der Waals surface area (Å²) in [6.45, 7) is 14.5. The standard InChI is InChI=1S/C24H29N3O3.C21H23N3O2.C20H21N3O2.C20H21N3O.CH4/c1-6-10-18(17-11-8-7-9-12-17)15-22-25-23(16(2)26-27-22)19-13-20(28-3)24(30-5)21(14-19)29-4;1-3-5-15(17-6-4-9-22-13-17)10-18-12-19(24-14-23-18)16-7-8-20(25)21(11-16)26-2;1-13(15-7-5-4-6-8-15)11-19-21-20(14(2)22-23-19)16-9-10-17(24)18(12-16)25-3;1-14-9-10-17(11-19(14)24-3)18-12-20(22-13-21-18)23-15(2)16-7-5-4-6-8-16;/h7-9,11-14,18H,6,10,15H2,1-5H3;4,6-9,11-15,25H,3,5,10H2,1-2H3;4-10,12-13,24H,11H2,1-3H3;4-13,15H,1-3H3,(H,21,22,23);1H4/t;;13-;15-;/m..00./s1. The van der Waals surface area contributed by atoms with E-state index in [0.29, 0.717) is 58.7 Å². The van der Waals surface area contributed by atoms with E-state index < -0.39 is 0 Å². The van der Waals surface area contributed by atoms with Crippen molar-refractivity contribution in [3.05, 3.63) is 264 Å². The minimum Gasteiger partial charge on any atom is -0.504 e. The maximum atomic E-state index is 9.78. The molecule has 106 heavy (non-hydrogen) atoms. The van der Waals surface area contributed by atoms with Crippen molar-refractivity contribution in [3.8, 4) is 91.0 Å². The van der Waals surface area contributed by atoms with Crippen molar-refractivity contribution in [2.45, 2.75) is 125 Å². The molecule has 3 N–H and O–H groups in total. The molecule has 0 aliphatic heterocycles. The second-order valence-corrected chi connectivity index (χ2v) is 25.2. The summed E-state index contributed by atoms with van der Waals surface area (Å²) in [6.07, 6.45) is 13.6. The molecular formula is C86H98N12O8. The number of rotatable bonds is 26. The van der Waals surface area contributed by atoms with Crippen molar-refractivity contribution in [3.63, 3.8) is 0 Å². The summed E-state index contributed by atoms with van der Waals surface area (Å²) in [6, 6.07) is 59.6. The van der Waals surface area contributed by atoms with Crippen LogP contribution in [0.2, 0.25) is 0 Å². The van der Waals surface area contributed by atoms with Crippen LogP contribution >= 0.6 is 0 Å². The highest BCUT2D eigenvalue weighted by Crippen LogP contribution is 2.42. The number of pyridine rings is 1. The molecule has 12 aromatic rings. The van der Waals surface area contributed by atoms with E-state index in [9.17, 15) is 10.2 Å². The molecule has 5 aromatic heterocycles. The van der Waals surface area contributed by atoms with Gasteiger partial charge < -0.3 is 44.0 Å². The number of hydrogen-bond donors (Lipinski definition) is 3. The van der Waals surface area contributed by atoms with Crippen molar-refractivity contribution < 1.29 is 38.6 Å². The number of aryl methyl sites for hydroxylation is 3. The maximum Gasteiger partial charge on any atom is 0.203 e. The van der Waals surface area contributed by atoms with E-state index in [2.05, 4.69) is 133 Å². The van der Waals surface area contributed by atoms with Gasteiger partial charge in [0, 0.05) is 65.3 Å². The second-order valence-electron chi connectivity index (χ2n) is 25.2.